The van der Waals surface area contributed by atoms with Crippen molar-refractivity contribution < 1.29 is 14.0 Å². The number of aromatic nitrogens is 4. The summed E-state index contributed by atoms with van der Waals surface area (Å²) < 4.78 is 18.0. The maximum atomic E-state index is 5.44. The summed E-state index contributed by atoms with van der Waals surface area (Å²) in [6.45, 7) is 2.00. The van der Waals surface area contributed by atoms with Gasteiger partial charge in [0, 0.05) is 30.4 Å². The highest BCUT2D eigenvalue weighted by atomic mass is 16.5. The van der Waals surface area contributed by atoms with Crippen molar-refractivity contribution >= 4 is 0 Å². The molecule has 1 aliphatic rings. The number of hydrogen-bond acceptors (Lipinski definition) is 6. The smallest absolute Gasteiger partial charge is 0.158 e. The van der Waals surface area contributed by atoms with Crippen molar-refractivity contribution in [2.45, 2.75) is 18.9 Å². The normalized spacial score (nSPS) is 17.3. The van der Waals surface area contributed by atoms with Crippen LogP contribution in [0.1, 0.15) is 23.8 Å². The highest BCUT2D eigenvalue weighted by molar-refractivity contribution is 5.66. The van der Waals surface area contributed by atoms with Gasteiger partial charge in [-0.1, -0.05) is 22.5 Å². The zero-order chi connectivity index (χ0) is 16.4. The van der Waals surface area contributed by atoms with Gasteiger partial charge in [0.1, 0.15) is 18.0 Å². The Kier molecular flexibility index (Phi) is 4.00. The maximum absolute atomic E-state index is 5.44. The zero-order valence-electron chi connectivity index (χ0n) is 13.4. The third kappa shape index (κ3) is 2.90. The van der Waals surface area contributed by atoms with Crippen molar-refractivity contribution in [3.05, 3.63) is 48.0 Å². The van der Waals surface area contributed by atoms with Crippen LogP contribution in [-0.4, -0.2) is 40.5 Å². The van der Waals surface area contributed by atoms with Crippen molar-refractivity contribution in [2.75, 3.05) is 20.3 Å². The molecule has 2 aromatic heterocycles. The zero-order valence-corrected chi connectivity index (χ0v) is 13.4. The fourth-order valence-electron chi connectivity index (χ4n) is 2.88. The average Bonchev–Trinajstić information content (AvgIpc) is 3.36. The first-order valence-corrected chi connectivity index (χ1v) is 7.90. The molecule has 0 radical (unpaired) electrons. The monoisotopic (exact) mass is 326 g/mol. The Balaban J connectivity index is 1.51. The highest BCUT2D eigenvalue weighted by Gasteiger charge is 2.21. The summed E-state index contributed by atoms with van der Waals surface area (Å²) in [6.07, 6.45) is 2.95. The van der Waals surface area contributed by atoms with Gasteiger partial charge in [0.2, 0.25) is 0 Å². The van der Waals surface area contributed by atoms with Gasteiger partial charge in [-0.15, -0.1) is 5.10 Å². The van der Waals surface area contributed by atoms with E-state index in [1.807, 2.05) is 36.5 Å². The van der Waals surface area contributed by atoms with Crippen LogP contribution in [0.2, 0.25) is 0 Å². The lowest BCUT2D eigenvalue weighted by Crippen LogP contribution is -1.99. The summed E-state index contributed by atoms with van der Waals surface area (Å²) in [5.74, 6) is 1.83. The second kappa shape index (κ2) is 6.45. The van der Waals surface area contributed by atoms with Crippen molar-refractivity contribution in [3.63, 3.8) is 0 Å². The standard InChI is InChI=1S/C17H18N4O3/c1-22-17-5-3-2-4-14(17)15-8-13(24-19-15)9-21-10-16(18-20-21)12-6-7-23-11-12/h2-5,8,10,12H,6-7,9,11H2,1H3. The minimum absolute atomic E-state index is 0.345. The first kappa shape index (κ1) is 14.9. The van der Waals surface area contributed by atoms with E-state index in [2.05, 4.69) is 15.5 Å². The molecular formula is C17H18N4O3. The third-order valence-electron chi connectivity index (χ3n) is 4.16. The first-order chi connectivity index (χ1) is 11.8. The molecule has 1 aromatic carbocycles. The summed E-state index contributed by atoms with van der Waals surface area (Å²) in [6, 6.07) is 9.62. The Morgan fingerprint density at radius 3 is 3.08 bits per heavy atom. The second-order valence-corrected chi connectivity index (χ2v) is 5.78. The van der Waals surface area contributed by atoms with Gasteiger partial charge in [-0.05, 0) is 18.6 Å². The Hall–Kier alpha value is -2.67. The fraction of sp³-hybridized carbons (Fsp3) is 0.353. The van der Waals surface area contributed by atoms with Gasteiger partial charge in [0.25, 0.3) is 0 Å². The predicted octanol–water partition coefficient (Wildman–Crippen LogP) is 2.49. The van der Waals surface area contributed by atoms with Crippen molar-refractivity contribution in [3.8, 4) is 17.0 Å². The van der Waals surface area contributed by atoms with Crippen LogP contribution in [0.15, 0.2) is 41.1 Å². The lowest BCUT2D eigenvalue weighted by Gasteiger charge is -2.03. The van der Waals surface area contributed by atoms with Gasteiger partial charge >= 0.3 is 0 Å². The molecule has 0 aliphatic carbocycles. The first-order valence-electron chi connectivity index (χ1n) is 7.90. The minimum atomic E-state index is 0.345. The van der Waals surface area contributed by atoms with E-state index in [1.165, 1.54) is 0 Å². The number of ether oxygens (including phenoxy) is 2. The van der Waals surface area contributed by atoms with Crippen LogP contribution in [0.25, 0.3) is 11.3 Å². The average molecular weight is 326 g/mol. The number of rotatable bonds is 5. The van der Waals surface area contributed by atoms with Crippen LogP contribution >= 0.6 is 0 Å². The molecule has 1 unspecified atom stereocenters. The van der Waals surface area contributed by atoms with Crippen LogP contribution in [0.4, 0.5) is 0 Å². The molecule has 0 N–H and O–H groups in total. The van der Waals surface area contributed by atoms with Crippen molar-refractivity contribution in [2.24, 2.45) is 0 Å². The molecule has 1 aliphatic heterocycles. The van der Waals surface area contributed by atoms with Crippen LogP contribution in [0, 0.1) is 0 Å². The summed E-state index contributed by atoms with van der Waals surface area (Å²) in [4.78, 5) is 0. The van der Waals surface area contributed by atoms with Gasteiger partial charge in [-0.3, -0.25) is 0 Å². The van der Waals surface area contributed by atoms with Gasteiger partial charge in [0.15, 0.2) is 5.76 Å². The number of para-hydroxylation sites is 1. The Morgan fingerprint density at radius 2 is 2.25 bits per heavy atom. The fourth-order valence-corrected chi connectivity index (χ4v) is 2.88. The summed E-state index contributed by atoms with van der Waals surface area (Å²) in [5.41, 5.74) is 2.61. The van der Waals surface area contributed by atoms with E-state index in [1.54, 1.807) is 11.8 Å². The molecular weight excluding hydrogens is 308 g/mol. The molecule has 1 saturated heterocycles. The van der Waals surface area contributed by atoms with E-state index < -0.39 is 0 Å². The van der Waals surface area contributed by atoms with Gasteiger partial charge in [-0.2, -0.15) is 0 Å². The number of hydrogen-bond donors (Lipinski definition) is 0. The lowest BCUT2D eigenvalue weighted by molar-refractivity contribution is 0.193. The molecule has 7 heteroatoms. The summed E-state index contributed by atoms with van der Waals surface area (Å²) in [7, 11) is 1.64. The molecule has 1 fully saturated rings. The minimum Gasteiger partial charge on any atom is -0.496 e. The number of nitrogens with zero attached hydrogens (tertiary/aromatic N) is 4. The second-order valence-electron chi connectivity index (χ2n) is 5.78. The van der Waals surface area contributed by atoms with Crippen molar-refractivity contribution in [1.82, 2.24) is 20.2 Å². The van der Waals surface area contributed by atoms with E-state index in [0.717, 1.165) is 48.1 Å². The topological polar surface area (TPSA) is 75.2 Å². The Morgan fingerprint density at radius 1 is 1.33 bits per heavy atom. The SMILES string of the molecule is COc1ccccc1-c1cc(Cn2cc(C3CCOC3)nn2)on1. The molecule has 4 rings (SSSR count). The predicted molar refractivity (Wildman–Crippen MR) is 85.8 cm³/mol. The molecule has 0 saturated carbocycles. The van der Waals surface area contributed by atoms with Gasteiger partial charge in [0.05, 0.1) is 19.4 Å². The largest absolute Gasteiger partial charge is 0.496 e. The van der Waals surface area contributed by atoms with Crippen LogP contribution in [-0.2, 0) is 11.3 Å². The molecule has 0 bridgehead atoms. The molecule has 3 heterocycles. The molecule has 24 heavy (non-hydrogen) atoms. The van der Waals surface area contributed by atoms with E-state index in [0.29, 0.717) is 12.5 Å². The van der Waals surface area contributed by atoms with E-state index in [-0.39, 0.29) is 0 Å². The number of methoxy groups -OCH3 is 1. The third-order valence-corrected chi connectivity index (χ3v) is 4.16. The summed E-state index contributed by atoms with van der Waals surface area (Å²) in [5, 5.41) is 12.5. The number of benzene rings is 1. The van der Waals surface area contributed by atoms with Crippen molar-refractivity contribution in [1.29, 1.82) is 0 Å². The summed E-state index contributed by atoms with van der Waals surface area (Å²) >= 11 is 0. The highest BCUT2D eigenvalue weighted by Crippen LogP contribution is 2.29. The van der Waals surface area contributed by atoms with Gasteiger partial charge in [-0.25, -0.2) is 4.68 Å². The van der Waals surface area contributed by atoms with E-state index in [9.17, 15) is 0 Å². The molecule has 7 nitrogen and oxygen atoms in total. The van der Waals surface area contributed by atoms with Crippen LogP contribution in [0.3, 0.4) is 0 Å². The molecule has 3 aromatic rings. The maximum Gasteiger partial charge on any atom is 0.158 e. The molecule has 124 valence electrons. The molecule has 0 amide bonds. The van der Waals surface area contributed by atoms with E-state index >= 15 is 0 Å². The molecule has 1 atom stereocenters. The quantitative estimate of drug-likeness (QED) is 0.717. The van der Waals surface area contributed by atoms with Crippen LogP contribution in [0.5, 0.6) is 5.75 Å². The van der Waals surface area contributed by atoms with Crippen LogP contribution < -0.4 is 4.74 Å². The van der Waals surface area contributed by atoms with E-state index in [4.69, 9.17) is 14.0 Å². The lowest BCUT2D eigenvalue weighted by atomic mass is 10.1. The van der Waals surface area contributed by atoms with Gasteiger partial charge < -0.3 is 14.0 Å². The Labute approximate surface area is 139 Å². The Bertz CT molecular complexity index is 821. The molecule has 0 spiro atoms.